The summed E-state index contributed by atoms with van der Waals surface area (Å²) in [5, 5.41) is 0. The molecule has 23 heavy (non-hydrogen) atoms. The summed E-state index contributed by atoms with van der Waals surface area (Å²) in [7, 11) is 4.26. The minimum absolute atomic E-state index is 1.04. The highest BCUT2D eigenvalue weighted by atomic mass is 15.1. The van der Waals surface area contributed by atoms with Gasteiger partial charge in [0, 0.05) is 17.9 Å². The average molecular weight is 313 g/mol. The molecular formula is C21H32N2. The number of rotatable bonds is 7. The summed E-state index contributed by atoms with van der Waals surface area (Å²) >= 11 is 0. The Bertz CT molecular complexity index is 535. The molecule has 2 nitrogen and oxygen atoms in total. The fourth-order valence-electron chi connectivity index (χ4n) is 2.61. The molecule has 0 aliphatic rings. The fourth-order valence-corrected chi connectivity index (χ4v) is 2.61. The summed E-state index contributed by atoms with van der Waals surface area (Å²) in [5.41, 5.74) is 4.02. The van der Waals surface area contributed by atoms with Gasteiger partial charge >= 0.3 is 0 Å². The van der Waals surface area contributed by atoms with E-state index in [2.05, 4.69) is 85.4 Å². The zero-order valence-corrected chi connectivity index (χ0v) is 15.4. The Morgan fingerprint density at radius 2 is 1.39 bits per heavy atom. The van der Waals surface area contributed by atoms with Gasteiger partial charge < -0.3 is 9.80 Å². The molecule has 0 spiro atoms. The van der Waals surface area contributed by atoms with Crippen LogP contribution in [0.25, 0.3) is 0 Å². The highest BCUT2D eigenvalue weighted by molar-refractivity contribution is 5.66. The van der Waals surface area contributed by atoms with Gasteiger partial charge in [-0.1, -0.05) is 57.2 Å². The van der Waals surface area contributed by atoms with Crippen molar-refractivity contribution in [2.24, 2.45) is 0 Å². The Morgan fingerprint density at radius 3 is 2.00 bits per heavy atom. The first kappa shape index (κ1) is 19.2. The maximum Gasteiger partial charge on any atom is 0.0443 e. The molecule has 0 radical (unpaired) electrons. The van der Waals surface area contributed by atoms with E-state index in [9.17, 15) is 0 Å². The smallest absolute Gasteiger partial charge is 0.0443 e. The maximum atomic E-state index is 2.45. The maximum absolute atomic E-state index is 2.45. The summed E-state index contributed by atoms with van der Waals surface area (Å²) in [4.78, 5) is 4.69. The molecule has 126 valence electrons. The second-order valence-electron chi connectivity index (χ2n) is 5.63. The highest BCUT2D eigenvalue weighted by Crippen LogP contribution is 2.29. The summed E-state index contributed by atoms with van der Waals surface area (Å²) < 4.78 is 0. The van der Waals surface area contributed by atoms with Gasteiger partial charge in [0.2, 0.25) is 0 Å². The lowest BCUT2D eigenvalue weighted by atomic mass is 10.1. The number of para-hydroxylation sites is 2. The van der Waals surface area contributed by atoms with E-state index in [1.54, 1.807) is 0 Å². The van der Waals surface area contributed by atoms with Crippen molar-refractivity contribution in [2.45, 2.75) is 33.6 Å². The Labute approximate surface area is 142 Å². The van der Waals surface area contributed by atoms with Gasteiger partial charge in [-0.2, -0.15) is 0 Å². The average Bonchev–Trinajstić information content (AvgIpc) is 2.61. The van der Waals surface area contributed by atoms with Crippen LogP contribution in [0.2, 0.25) is 0 Å². The zero-order chi connectivity index (χ0) is 17.1. The Kier molecular flexibility index (Phi) is 9.08. The SMILES string of the molecule is CC.CCc1ccccc1N(CCCN(C)C)c1ccccc1. The third-order valence-electron chi connectivity index (χ3n) is 3.72. The van der Waals surface area contributed by atoms with Gasteiger partial charge in [-0.3, -0.25) is 0 Å². The Hall–Kier alpha value is -1.80. The van der Waals surface area contributed by atoms with Crippen molar-refractivity contribution in [3.63, 3.8) is 0 Å². The van der Waals surface area contributed by atoms with Gasteiger partial charge in [-0.05, 0) is 57.2 Å². The van der Waals surface area contributed by atoms with Gasteiger partial charge in [-0.15, -0.1) is 0 Å². The largest absolute Gasteiger partial charge is 0.341 e. The van der Waals surface area contributed by atoms with Gasteiger partial charge in [0.25, 0.3) is 0 Å². The number of benzene rings is 2. The van der Waals surface area contributed by atoms with E-state index in [1.165, 1.54) is 16.9 Å². The van der Waals surface area contributed by atoms with Crippen LogP contribution in [0.1, 0.15) is 32.8 Å². The van der Waals surface area contributed by atoms with Crippen LogP contribution in [-0.4, -0.2) is 32.1 Å². The number of hydrogen-bond donors (Lipinski definition) is 0. The molecule has 0 amide bonds. The van der Waals surface area contributed by atoms with Gasteiger partial charge in [0.05, 0.1) is 0 Å². The number of nitrogens with zero attached hydrogens (tertiary/aromatic N) is 2. The zero-order valence-electron chi connectivity index (χ0n) is 15.4. The molecule has 0 aliphatic carbocycles. The summed E-state index contributed by atoms with van der Waals surface area (Å²) in [6.45, 7) is 8.37. The van der Waals surface area contributed by atoms with Crippen LogP contribution in [-0.2, 0) is 6.42 Å². The molecule has 0 bridgehead atoms. The molecule has 2 rings (SSSR count). The van der Waals surface area contributed by atoms with Crippen molar-refractivity contribution in [1.82, 2.24) is 4.90 Å². The molecule has 0 atom stereocenters. The minimum Gasteiger partial charge on any atom is -0.341 e. The van der Waals surface area contributed by atoms with Crippen molar-refractivity contribution in [2.75, 3.05) is 32.1 Å². The fraction of sp³-hybridized carbons (Fsp3) is 0.429. The molecule has 0 saturated carbocycles. The van der Waals surface area contributed by atoms with Crippen molar-refractivity contribution in [1.29, 1.82) is 0 Å². The first-order valence-corrected chi connectivity index (χ1v) is 8.77. The van der Waals surface area contributed by atoms with Crippen LogP contribution in [0, 0.1) is 0 Å². The van der Waals surface area contributed by atoms with Crippen molar-refractivity contribution >= 4 is 11.4 Å². The van der Waals surface area contributed by atoms with E-state index in [0.717, 1.165) is 25.9 Å². The van der Waals surface area contributed by atoms with E-state index in [0.29, 0.717) is 0 Å². The quantitative estimate of drug-likeness (QED) is 0.678. The molecule has 0 fully saturated rings. The molecule has 0 aliphatic heterocycles. The molecule has 0 N–H and O–H groups in total. The molecule has 0 aromatic heterocycles. The standard InChI is InChI=1S/C19H26N2.C2H6/c1-4-17-11-8-9-14-19(17)21(16-10-15-20(2)3)18-12-6-5-7-13-18;1-2/h5-9,11-14H,4,10,15-16H2,1-3H3;1-2H3. The van der Waals surface area contributed by atoms with Crippen LogP contribution in [0.15, 0.2) is 54.6 Å². The normalized spacial score (nSPS) is 10.2. The Balaban J connectivity index is 0.00000127. The molecule has 2 heteroatoms. The summed E-state index contributed by atoms with van der Waals surface area (Å²) in [6.07, 6.45) is 2.22. The topological polar surface area (TPSA) is 6.48 Å². The first-order valence-electron chi connectivity index (χ1n) is 8.77. The van der Waals surface area contributed by atoms with Crippen molar-refractivity contribution in [3.05, 3.63) is 60.2 Å². The van der Waals surface area contributed by atoms with Gasteiger partial charge in [-0.25, -0.2) is 0 Å². The third kappa shape index (κ3) is 6.07. The van der Waals surface area contributed by atoms with Crippen LogP contribution in [0.4, 0.5) is 11.4 Å². The second-order valence-corrected chi connectivity index (χ2v) is 5.63. The van der Waals surface area contributed by atoms with Gasteiger partial charge in [0.15, 0.2) is 0 Å². The molecule has 0 saturated heterocycles. The van der Waals surface area contributed by atoms with Crippen molar-refractivity contribution in [3.8, 4) is 0 Å². The van der Waals surface area contributed by atoms with E-state index < -0.39 is 0 Å². The van der Waals surface area contributed by atoms with Crippen molar-refractivity contribution < 1.29 is 0 Å². The molecule has 0 unspecified atom stereocenters. The molecule has 2 aromatic rings. The predicted molar refractivity (Wildman–Crippen MR) is 104 cm³/mol. The van der Waals surface area contributed by atoms with Crippen LogP contribution in [0.3, 0.4) is 0 Å². The number of aryl methyl sites for hydroxylation is 1. The molecule has 2 aromatic carbocycles. The number of anilines is 2. The van der Waals surface area contributed by atoms with Gasteiger partial charge in [0.1, 0.15) is 0 Å². The first-order chi connectivity index (χ1) is 11.2. The lowest BCUT2D eigenvalue weighted by molar-refractivity contribution is 0.402. The van der Waals surface area contributed by atoms with E-state index >= 15 is 0 Å². The molecular weight excluding hydrogens is 280 g/mol. The lowest BCUT2D eigenvalue weighted by Crippen LogP contribution is -2.24. The second kappa shape index (κ2) is 10.8. The van der Waals surface area contributed by atoms with Crippen LogP contribution < -0.4 is 4.90 Å². The van der Waals surface area contributed by atoms with E-state index in [4.69, 9.17) is 0 Å². The van der Waals surface area contributed by atoms with E-state index in [1.807, 2.05) is 13.8 Å². The van der Waals surface area contributed by atoms with E-state index in [-0.39, 0.29) is 0 Å². The lowest BCUT2D eigenvalue weighted by Gasteiger charge is -2.28. The minimum atomic E-state index is 1.04. The Morgan fingerprint density at radius 1 is 0.783 bits per heavy atom. The highest BCUT2D eigenvalue weighted by Gasteiger charge is 2.12. The van der Waals surface area contributed by atoms with Crippen LogP contribution in [0.5, 0.6) is 0 Å². The third-order valence-corrected chi connectivity index (χ3v) is 3.72. The van der Waals surface area contributed by atoms with Crippen LogP contribution >= 0.6 is 0 Å². The summed E-state index contributed by atoms with van der Waals surface area (Å²) in [5.74, 6) is 0. The monoisotopic (exact) mass is 312 g/mol. The summed E-state index contributed by atoms with van der Waals surface area (Å²) in [6, 6.07) is 19.4. The predicted octanol–water partition coefficient (Wildman–Crippen LogP) is 5.37. The molecule has 0 heterocycles. The number of hydrogen-bond acceptors (Lipinski definition) is 2.